The molecule has 0 amide bonds. The molecule has 1 aliphatic heterocycles. The van der Waals surface area contributed by atoms with Crippen molar-refractivity contribution in [2.24, 2.45) is 0 Å². The first-order valence-electron chi connectivity index (χ1n) is 6.49. The van der Waals surface area contributed by atoms with Gasteiger partial charge in [0.2, 0.25) is 0 Å². The number of hydrogen-bond donors (Lipinski definition) is 1. The molecular weight excluding hydrogens is 236 g/mol. The highest BCUT2D eigenvalue weighted by molar-refractivity contribution is 5.78. The molecule has 0 saturated heterocycles. The Morgan fingerprint density at radius 3 is 3.11 bits per heavy atom. The van der Waals surface area contributed by atoms with Gasteiger partial charge in [-0.3, -0.25) is 4.98 Å². The van der Waals surface area contributed by atoms with Gasteiger partial charge < -0.3 is 9.88 Å². The van der Waals surface area contributed by atoms with E-state index in [-0.39, 0.29) is 6.04 Å². The molecule has 0 saturated carbocycles. The summed E-state index contributed by atoms with van der Waals surface area (Å²) in [5.74, 6) is 0. The molecule has 1 unspecified atom stereocenters. The van der Waals surface area contributed by atoms with Crippen LogP contribution in [0.4, 0.5) is 0 Å². The van der Waals surface area contributed by atoms with Crippen molar-refractivity contribution >= 4 is 10.9 Å². The molecule has 94 valence electrons. The van der Waals surface area contributed by atoms with E-state index in [4.69, 9.17) is 4.98 Å². The summed E-state index contributed by atoms with van der Waals surface area (Å²) in [5, 5.41) is 4.60. The van der Waals surface area contributed by atoms with Gasteiger partial charge in [-0.05, 0) is 12.1 Å². The SMILES string of the molecule is c1ccc2nc(C3CNCc4cncn43)ccc2c1. The zero-order valence-corrected chi connectivity index (χ0v) is 10.5. The van der Waals surface area contributed by atoms with Crippen LogP contribution in [0.15, 0.2) is 48.9 Å². The van der Waals surface area contributed by atoms with E-state index in [1.807, 2.05) is 24.7 Å². The van der Waals surface area contributed by atoms with Crippen molar-refractivity contribution in [3.05, 3.63) is 60.3 Å². The Hall–Kier alpha value is -2.20. The smallest absolute Gasteiger partial charge is 0.0955 e. The predicted molar refractivity (Wildman–Crippen MR) is 73.8 cm³/mol. The van der Waals surface area contributed by atoms with Crippen LogP contribution in [0.25, 0.3) is 10.9 Å². The number of rotatable bonds is 1. The van der Waals surface area contributed by atoms with Gasteiger partial charge in [0.05, 0.1) is 29.3 Å². The maximum absolute atomic E-state index is 4.79. The molecule has 2 aromatic heterocycles. The highest BCUT2D eigenvalue weighted by Crippen LogP contribution is 2.23. The standard InChI is InChI=1S/C15H14N4/c1-2-4-13-11(3-1)5-6-14(18-13)15-9-16-7-12-8-17-10-19(12)15/h1-6,8,10,15-16H,7,9H2. The van der Waals surface area contributed by atoms with Gasteiger partial charge in [0.15, 0.2) is 0 Å². The van der Waals surface area contributed by atoms with Crippen molar-refractivity contribution in [1.82, 2.24) is 19.9 Å². The van der Waals surface area contributed by atoms with Crippen LogP contribution >= 0.6 is 0 Å². The summed E-state index contributed by atoms with van der Waals surface area (Å²) in [7, 11) is 0. The normalized spacial score (nSPS) is 18.4. The third-order valence-corrected chi connectivity index (χ3v) is 3.69. The molecule has 1 aromatic carbocycles. The molecule has 3 aromatic rings. The zero-order valence-electron chi connectivity index (χ0n) is 10.5. The van der Waals surface area contributed by atoms with Crippen LogP contribution in [0.2, 0.25) is 0 Å². The van der Waals surface area contributed by atoms with Gasteiger partial charge in [0, 0.05) is 24.7 Å². The largest absolute Gasteiger partial charge is 0.323 e. The van der Waals surface area contributed by atoms with Crippen molar-refractivity contribution in [1.29, 1.82) is 0 Å². The Balaban J connectivity index is 1.83. The number of benzene rings is 1. The van der Waals surface area contributed by atoms with Gasteiger partial charge in [-0.2, -0.15) is 0 Å². The Morgan fingerprint density at radius 2 is 2.11 bits per heavy atom. The summed E-state index contributed by atoms with van der Waals surface area (Å²) in [6.07, 6.45) is 3.82. The Bertz CT molecular complexity index is 732. The molecule has 0 bridgehead atoms. The lowest BCUT2D eigenvalue weighted by molar-refractivity contribution is 0.445. The second-order valence-electron chi connectivity index (χ2n) is 4.87. The molecule has 0 radical (unpaired) electrons. The Morgan fingerprint density at radius 1 is 1.16 bits per heavy atom. The van der Waals surface area contributed by atoms with E-state index in [2.05, 4.69) is 39.1 Å². The lowest BCUT2D eigenvalue weighted by Crippen LogP contribution is -2.33. The number of pyridine rings is 1. The number of fused-ring (bicyclic) bond motifs is 2. The van der Waals surface area contributed by atoms with E-state index in [0.29, 0.717) is 0 Å². The average molecular weight is 250 g/mol. The molecule has 4 heteroatoms. The minimum Gasteiger partial charge on any atom is -0.323 e. The predicted octanol–water partition coefficient (Wildman–Crippen LogP) is 2.12. The maximum atomic E-state index is 4.79. The number of hydrogen-bond acceptors (Lipinski definition) is 3. The fourth-order valence-electron chi connectivity index (χ4n) is 2.70. The van der Waals surface area contributed by atoms with Crippen LogP contribution in [-0.2, 0) is 6.54 Å². The van der Waals surface area contributed by atoms with Crippen molar-refractivity contribution < 1.29 is 0 Å². The third-order valence-electron chi connectivity index (χ3n) is 3.69. The minimum absolute atomic E-state index is 0.232. The van der Waals surface area contributed by atoms with E-state index in [1.54, 1.807) is 0 Å². The van der Waals surface area contributed by atoms with Gasteiger partial charge in [-0.1, -0.05) is 24.3 Å². The summed E-state index contributed by atoms with van der Waals surface area (Å²) in [4.78, 5) is 9.03. The maximum Gasteiger partial charge on any atom is 0.0955 e. The Labute approximate surface area is 111 Å². The highest BCUT2D eigenvalue weighted by Gasteiger charge is 2.21. The molecule has 3 heterocycles. The molecule has 0 spiro atoms. The zero-order chi connectivity index (χ0) is 12.7. The van der Waals surface area contributed by atoms with Gasteiger partial charge in [-0.15, -0.1) is 0 Å². The molecular formula is C15H14N4. The van der Waals surface area contributed by atoms with Crippen LogP contribution in [0.1, 0.15) is 17.4 Å². The van der Waals surface area contributed by atoms with Crippen molar-refractivity contribution in [3.63, 3.8) is 0 Å². The second-order valence-corrected chi connectivity index (χ2v) is 4.87. The van der Waals surface area contributed by atoms with E-state index in [9.17, 15) is 0 Å². The van der Waals surface area contributed by atoms with Crippen LogP contribution in [0.3, 0.4) is 0 Å². The number of aromatic nitrogens is 3. The molecule has 4 nitrogen and oxygen atoms in total. The molecule has 0 aliphatic carbocycles. The van der Waals surface area contributed by atoms with Gasteiger partial charge in [0.25, 0.3) is 0 Å². The molecule has 4 rings (SSSR count). The topological polar surface area (TPSA) is 42.7 Å². The van der Waals surface area contributed by atoms with Gasteiger partial charge in [-0.25, -0.2) is 4.98 Å². The van der Waals surface area contributed by atoms with Gasteiger partial charge in [0.1, 0.15) is 0 Å². The summed E-state index contributed by atoms with van der Waals surface area (Å²) in [5.41, 5.74) is 3.35. The summed E-state index contributed by atoms with van der Waals surface area (Å²) in [6, 6.07) is 12.7. The minimum atomic E-state index is 0.232. The number of nitrogens with zero attached hydrogens (tertiary/aromatic N) is 3. The first-order chi connectivity index (χ1) is 9.42. The monoisotopic (exact) mass is 250 g/mol. The first kappa shape index (κ1) is 10.7. The quantitative estimate of drug-likeness (QED) is 0.719. The molecule has 1 atom stereocenters. The Kier molecular flexibility index (Phi) is 2.35. The summed E-state index contributed by atoms with van der Waals surface area (Å²) < 4.78 is 2.22. The van der Waals surface area contributed by atoms with Crippen molar-refractivity contribution in [3.8, 4) is 0 Å². The number of nitrogens with one attached hydrogen (secondary N) is 1. The summed E-state index contributed by atoms with van der Waals surface area (Å²) >= 11 is 0. The molecule has 19 heavy (non-hydrogen) atoms. The average Bonchev–Trinajstić information content (AvgIpc) is 2.95. The van der Waals surface area contributed by atoms with Crippen molar-refractivity contribution in [2.45, 2.75) is 12.6 Å². The van der Waals surface area contributed by atoms with Crippen LogP contribution in [-0.4, -0.2) is 21.1 Å². The number of para-hydroxylation sites is 1. The lowest BCUT2D eigenvalue weighted by Gasteiger charge is -2.26. The second kappa shape index (κ2) is 4.17. The third kappa shape index (κ3) is 1.72. The van der Waals surface area contributed by atoms with E-state index >= 15 is 0 Å². The highest BCUT2D eigenvalue weighted by atomic mass is 15.2. The van der Waals surface area contributed by atoms with Gasteiger partial charge >= 0.3 is 0 Å². The van der Waals surface area contributed by atoms with Crippen molar-refractivity contribution in [2.75, 3.05) is 6.54 Å². The first-order valence-corrected chi connectivity index (χ1v) is 6.49. The van der Waals surface area contributed by atoms with E-state index in [1.165, 1.54) is 11.1 Å². The molecule has 0 fully saturated rings. The number of imidazole rings is 1. The van der Waals surface area contributed by atoms with E-state index in [0.717, 1.165) is 24.3 Å². The van der Waals surface area contributed by atoms with E-state index < -0.39 is 0 Å². The van der Waals surface area contributed by atoms with Crippen LogP contribution in [0, 0.1) is 0 Å². The molecule has 1 aliphatic rings. The van der Waals surface area contributed by atoms with Crippen LogP contribution in [0.5, 0.6) is 0 Å². The van der Waals surface area contributed by atoms with Crippen LogP contribution < -0.4 is 5.32 Å². The summed E-state index contributed by atoms with van der Waals surface area (Å²) in [6.45, 7) is 1.78. The fourth-order valence-corrected chi connectivity index (χ4v) is 2.70. The fraction of sp³-hybridized carbons (Fsp3) is 0.200. The molecule has 1 N–H and O–H groups in total. The lowest BCUT2D eigenvalue weighted by atomic mass is 10.1.